The Morgan fingerprint density at radius 2 is 2.33 bits per heavy atom. The Hall–Kier alpha value is -0.570. The molecule has 0 aromatic heterocycles. The number of carbonyl (C=O) groups excluding carboxylic acids is 1. The Labute approximate surface area is 54.4 Å². The van der Waals surface area contributed by atoms with Gasteiger partial charge < -0.3 is 11.5 Å². The zero-order valence-corrected chi connectivity index (χ0v) is 5.55. The van der Waals surface area contributed by atoms with Crippen LogP contribution < -0.4 is 11.5 Å². The van der Waals surface area contributed by atoms with Crippen molar-refractivity contribution in [3.63, 3.8) is 0 Å². The highest BCUT2D eigenvalue weighted by molar-refractivity contribution is 5.85. The predicted molar refractivity (Wildman–Crippen MR) is 34.5 cm³/mol. The number of hydrogen-bond acceptors (Lipinski definition) is 2. The second-order valence-electron chi connectivity index (χ2n) is 2.84. The average Bonchev–Trinajstić information content (AvgIpc) is 1.82. The minimum atomic E-state index is -0.681. The van der Waals surface area contributed by atoms with Crippen molar-refractivity contribution in [1.82, 2.24) is 0 Å². The summed E-state index contributed by atoms with van der Waals surface area (Å²) in [5.41, 5.74) is 9.99. The number of nitrogens with two attached hydrogens (primary N) is 2. The summed E-state index contributed by atoms with van der Waals surface area (Å²) in [4.78, 5) is 10.6. The summed E-state index contributed by atoms with van der Waals surface area (Å²) in [6.45, 7) is 1.95. The van der Waals surface area contributed by atoms with Gasteiger partial charge in [-0.2, -0.15) is 0 Å². The molecule has 0 unspecified atom stereocenters. The van der Waals surface area contributed by atoms with E-state index in [9.17, 15) is 4.79 Å². The maximum atomic E-state index is 10.6. The van der Waals surface area contributed by atoms with Gasteiger partial charge in [0.05, 0.1) is 5.54 Å². The van der Waals surface area contributed by atoms with Crippen LogP contribution in [-0.2, 0) is 4.79 Å². The highest BCUT2D eigenvalue weighted by Crippen LogP contribution is 2.35. The first-order chi connectivity index (χ1) is 4.07. The molecule has 52 valence electrons. The monoisotopic (exact) mass is 128 g/mol. The molecule has 1 fully saturated rings. The van der Waals surface area contributed by atoms with Crippen molar-refractivity contribution in [3.05, 3.63) is 0 Å². The van der Waals surface area contributed by atoms with Crippen molar-refractivity contribution in [2.45, 2.75) is 25.3 Å². The van der Waals surface area contributed by atoms with Gasteiger partial charge in [0, 0.05) is 0 Å². The lowest BCUT2D eigenvalue weighted by Gasteiger charge is -2.41. The first-order valence-corrected chi connectivity index (χ1v) is 3.16. The van der Waals surface area contributed by atoms with Gasteiger partial charge in [0.15, 0.2) is 0 Å². The quantitative estimate of drug-likeness (QED) is 0.504. The van der Waals surface area contributed by atoms with E-state index < -0.39 is 5.54 Å². The molecular formula is C6H12N2O. The molecule has 0 bridgehead atoms. The molecule has 3 heteroatoms. The fourth-order valence-electron chi connectivity index (χ4n) is 1.11. The summed E-state index contributed by atoms with van der Waals surface area (Å²) < 4.78 is 0. The van der Waals surface area contributed by atoms with Gasteiger partial charge in [-0.15, -0.1) is 0 Å². The Kier molecular flexibility index (Phi) is 1.24. The molecule has 1 aliphatic rings. The fraction of sp³-hybridized carbons (Fsp3) is 0.833. The van der Waals surface area contributed by atoms with Gasteiger partial charge in [0.25, 0.3) is 0 Å². The van der Waals surface area contributed by atoms with E-state index >= 15 is 0 Å². The molecule has 1 amide bonds. The van der Waals surface area contributed by atoms with E-state index in [1.807, 2.05) is 6.92 Å². The van der Waals surface area contributed by atoms with Crippen molar-refractivity contribution in [1.29, 1.82) is 0 Å². The van der Waals surface area contributed by atoms with Gasteiger partial charge in [0.2, 0.25) is 5.91 Å². The zero-order chi connectivity index (χ0) is 7.07. The van der Waals surface area contributed by atoms with Gasteiger partial charge >= 0.3 is 0 Å². The van der Waals surface area contributed by atoms with Gasteiger partial charge in [0.1, 0.15) is 0 Å². The minimum Gasteiger partial charge on any atom is -0.368 e. The molecule has 0 radical (unpaired) electrons. The SMILES string of the molecule is C[C@@H]1CC[C@]1(N)C(N)=O. The summed E-state index contributed by atoms with van der Waals surface area (Å²) in [7, 11) is 0. The van der Waals surface area contributed by atoms with Gasteiger partial charge in [-0.3, -0.25) is 4.79 Å². The molecular weight excluding hydrogens is 116 g/mol. The normalized spacial score (nSPS) is 41.8. The third kappa shape index (κ3) is 0.721. The second kappa shape index (κ2) is 1.70. The van der Waals surface area contributed by atoms with Crippen molar-refractivity contribution < 1.29 is 4.79 Å². The third-order valence-corrected chi connectivity index (χ3v) is 2.33. The number of rotatable bonds is 1. The highest BCUT2D eigenvalue weighted by atomic mass is 16.1. The smallest absolute Gasteiger partial charge is 0.237 e. The Morgan fingerprint density at radius 1 is 1.78 bits per heavy atom. The van der Waals surface area contributed by atoms with Crippen molar-refractivity contribution in [3.8, 4) is 0 Å². The molecule has 0 heterocycles. The Balaban J connectivity index is 2.64. The van der Waals surface area contributed by atoms with Gasteiger partial charge in [-0.05, 0) is 18.8 Å². The first kappa shape index (κ1) is 6.55. The molecule has 3 nitrogen and oxygen atoms in total. The lowest BCUT2D eigenvalue weighted by Crippen LogP contribution is -2.62. The van der Waals surface area contributed by atoms with Crippen molar-refractivity contribution >= 4 is 5.91 Å². The fourth-order valence-corrected chi connectivity index (χ4v) is 1.11. The van der Waals surface area contributed by atoms with Crippen LogP contribution in [0.3, 0.4) is 0 Å². The van der Waals surface area contributed by atoms with E-state index in [0.717, 1.165) is 12.8 Å². The van der Waals surface area contributed by atoms with Crippen LogP contribution in [0.25, 0.3) is 0 Å². The topological polar surface area (TPSA) is 69.1 Å². The van der Waals surface area contributed by atoms with E-state index in [2.05, 4.69) is 0 Å². The van der Waals surface area contributed by atoms with Crippen molar-refractivity contribution in [2.75, 3.05) is 0 Å². The molecule has 0 aliphatic heterocycles. The minimum absolute atomic E-state index is 0.273. The maximum Gasteiger partial charge on any atom is 0.237 e. The summed E-state index contributed by atoms with van der Waals surface area (Å²) in [5.74, 6) is -0.0868. The van der Waals surface area contributed by atoms with Crippen LogP contribution in [0, 0.1) is 5.92 Å². The molecule has 1 saturated carbocycles. The van der Waals surface area contributed by atoms with E-state index in [1.54, 1.807) is 0 Å². The number of amides is 1. The molecule has 1 rings (SSSR count). The predicted octanol–water partition coefficient (Wildman–Crippen LogP) is -0.401. The number of carbonyl (C=O) groups is 1. The summed E-state index contributed by atoms with van der Waals surface area (Å²) >= 11 is 0. The molecule has 1 aliphatic carbocycles. The van der Waals surface area contributed by atoms with Crippen LogP contribution in [-0.4, -0.2) is 11.4 Å². The third-order valence-electron chi connectivity index (χ3n) is 2.33. The lowest BCUT2D eigenvalue weighted by atomic mass is 9.68. The highest BCUT2D eigenvalue weighted by Gasteiger charge is 2.45. The van der Waals surface area contributed by atoms with Crippen LogP contribution >= 0.6 is 0 Å². The van der Waals surface area contributed by atoms with Gasteiger partial charge in [-0.25, -0.2) is 0 Å². The van der Waals surface area contributed by atoms with Crippen LogP contribution in [0.4, 0.5) is 0 Å². The molecule has 0 aromatic rings. The van der Waals surface area contributed by atoms with Gasteiger partial charge in [-0.1, -0.05) is 6.92 Å². The molecule has 4 N–H and O–H groups in total. The summed E-state index contributed by atoms with van der Waals surface area (Å²) in [6.07, 6.45) is 1.78. The van der Waals surface area contributed by atoms with E-state index in [-0.39, 0.29) is 11.8 Å². The van der Waals surface area contributed by atoms with Crippen LogP contribution in [0.5, 0.6) is 0 Å². The molecule has 2 atom stereocenters. The number of primary amides is 1. The van der Waals surface area contributed by atoms with E-state index in [0.29, 0.717) is 0 Å². The molecule has 0 saturated heterocycles. The van der Waals surface area contributed by atoms with E-state index in [1.165, 1.54) is 0 Å². The summed E-state index contributed by atoms with van der Waals surface area (Å²) in [6, 6.07) is 0. The van der Waals surface area contributed by atoms with Crippen LogP contribution in [0.1, 0.15) is 19.8 Å². The maximum absolute atomic E-state index is 10.6. The average molecular weight is 128 g/mol. The van der Waals surface area contributed by atoms with Crippen LogP contribution in [0.2, 0.25) is 0 Å². The van der Waals surface area contributed by atoms with E-state index in [4.69, 9.17) is 11.5 Å². The zero-order valence-electron chi connectivity index (χ0n) is 5.55. The number of hydrogen-bond donors (Lipinski definition) is 2. The Morgan fingerprint density at radius 3 is 2.33 bits per heavy atom. The second-order valence-corrected chi connectivity index (χ2v) is 2.84. The van der Waals surface area contributed by atoms with Crippen molar-refractivity contribution in [2.24, 2.45) is 17.4 Å². The lowest BCUT2D eigenvalue weighted by molar-refractivity contribution is -0.128. The molecule has 0 spiro atoms. The molecule has 9 heavy (non-hydrogen) atoms. The first-order valence-electron chi connectivity index (χ1n) is 3.16. The molecule has 0 aromatic carbocycles. The Bertz CT molecular complexity index is 146. The largest absolute Gasteiger partial charge is 0.368 e. The van der Waals surface area contributed by atoms with Crippen LogP contribution in [0.15, 0.2) is 0 Å². The summed E-state index contributed by atoms with van der Waals surface area (Å²) in [5, 5.41) is 0. The standard InChI is InChI=1S/C6H12N2O/c1-4-2-3-6(4,8)5(7)9/h4H,2-3,8H2,1H3,(H2,7,9)/t4-,6-/m1/s1.